The lowest BCUT2D eigenvalue weighted by atomic mass is 9.94. The summed E-state index contributed by atoms with van der Waals surface area (Å²) in [6.45, 7) is 10.4. The highest BCUT2D eigenvalue weighted by molar-refractivity contribution is 14.0. The number of aliphatic imine (C=N–C) groups is 1. The molecule has 0 amide bonds. The van der Waals surface area contributed by atoms with Gasteiger partial charge in [-0.25, -0.2) is 4.98 Å². The van der Waals surface area contributed by atoms with Gasteiger partial charge in [-0.1, -0.05) is 20.8 Å². The molecule has 0 radical (unpaired) electrons. The van der Waals surface area contributed by atoms with Crippen LogP contribution < -0.4 is 10.6 Å². The number of likely N-dealkylation sites (tertiary alicyclic amines) is 1. The largest absolute Gasteiger partial charge is 0.443 e. The third kappa shape index (κ3) is 5.32. The first-order valence-electron chi connectivity index (χ1n) is 9.05. The summed E-state index contributed by atoms with van der Waals surface area (Å²) < 4.78 is 5.82. The van der Waals surface area contributed by atoms with Crippen molar-refractivity contribution in [3.8, 4) is 0 Å². The van der Waals surface area contributed by atoms with E-state index < -0.39 is 0 Å². The van der Waals surface area contributed by atoms with Gasteiger partial charge in [0.1, 0.15) is 5.76 Å². The highest BCUT2D eigenvalue weighted by Gasteiger charge is 2.38. The minimum atomic E-state index is -0.0164. The number of halogens is 1. The van der Waals surface area contributed by atoms with Crippen molar-refractivity contribution in [1.29, 1.82) is 0 Å². The first-order valence-corrected chi connectivity index (χ1v) is 9.05. The van der Waals surface area contributed by atoms with E-state index in [1.165, 1.54) is 19.3 Å². The number of aromatic nitrogens is 1. The number of rotatable bonds is 4. The lowest BCUT2D eigenvalue weighted by Crippen LogP contribution is -2.44. The number of oxazole rings is 1. The van der Waals surface area contributed by atoms with Gasteiger partial charge in [-0.2, -0.15) is 0 Å². The minimum Gasteiger partial charge on any atom is -0.443 e. The molecular weight excluding hydrogens is 429 g/mol. The Morgan fingerprint density at radius 2 is 2.12 bits per heavy atom. The van der Waals surface area contributed by atoms with E-state index in [0.29, 0.717) is 24.5 Å². The Morgan fingerprint density at radius 1 is 1.40 bits per heavy atom. The summed E-state index contributed by atoms with van der Waals surface area (Å²) in [5, 5.41) is 6.86. The van der Waals surface area contributed by atoms with Gasteiger partial charge in [-0.05, 0) is 26.2 Å². The fourth-order valence-electron chi connectivity index (χ4n) is 3.36. The van der Waals surface area contributed by atoms with E-state index in [1.807, 2.05) is 13.2 Å². The first-order chi connectivity index (χ1) is 11.4. The molecule has 1 saturated carbocycles. The normalized spacial score (nSPS) is 24.9. The lowest BCUT2D eigenvalue weighted by Gasteiger charge is -2.20. The number of nitrogens with one attached hydrogen (secondary N) is 2. The molecule has 1 aliphatic carbocycles. The van der Waals surface area contributed by atoms with Crippen LogP contribution in [0.2, 0.25) is 0 Å². The number of hydrogen-bond donors (Lipinski definition) is 2. The van der Waals surface area contributed by atoms with Gasteiger partial charge in [0.2, 0.25) is 5.89 Å². The fourth-order valence-corrected chi connectivity index (χ4v) is 3.36. The molecule has 2 N–H and O–H groups in total. The monoisotopic (exact) mass is 461 g/mol. The SMILES string of the molecule is CN=C(NCc1ncc(C(C)(C)C)o1)NC1CC(C)N(C2CC2)C1.I. The first kappa shape index (κ1) is 20.5. The molecule has 25 heavy (non-hydrogen) atoms. The summed E-state index contributed by atoms with van der Waals surface area (Å²) in [6, 6.07) is 1.94. The molecule has 1 saturated heterocycles. The Kier molecular flexibility index (Phi) is 6.75. The second-order valence-corrected chi connectivity index (χ2v) is 8.15. The van der Waals surface area contributed by atoms with E-state index in [4.69, 9.17) is 4.42 Å². The highest BCUT2D eigenvalue weighted by Crippen LogP contribution is 2.33. The Bertz CT molecular complexity index is 591. The van der Waals surface area contributed by atoms with Crippen molar-refractivity contribution in [3.05, 3.63) is 17.8 Å². The Balaban J connectivity index is 0.00000225. The number of nitrogens with zero attached hydrogens (tertiary/aromatic N) is 3. The molecule has 0 spiro atoms. The van der Waals surface area contributed by atoms with Crippen LogP contribution in [0.25, 0.3) is 0 Å². The van der Waals surface area contributed by atoms with Crippen molar-refractivity contribution >= 4 is 29.9 Å². The van der Waals surface area contributed by atoms with Crippen molar-refractivity contribution in [3.63, 3.8) is 0 Å². The zero-order valence-electron chi connectivity index (χ0n) is 16.0. The predicted molar refractivity (Wildman–Crippen MR) is 112 cm³/mol. The van der Waals surface area contributed by atoms with Gasteiger partial charge in [0, 0.05) is 37.1 Å². The number of guanidine groups is 1. The molecule has 2 heterocycles. The number of hydrogen-bond acceptors (Lipinski definition) is 4. The van der Waals surface area contributed by atoms with Crippen LogP contribution in [0.5, 0.6) is 0 Å². The van der Waals surface area contributed by atoms with E-state index in [1.54, 1.807) is 0 Å². The fraction of sp³-hybridized carbons (Fsp3) is 0.778. The third-order valence-corrected chi connectivity index (χ3v) is 4.90. The molecular formula is C18H32IN5O. The standard InChI is InChI=1S/C18H31N5O.HI/c1-12-8-13(11-23(12)14-6-7-14)22-17(19-5)21-10-16-20-9-15(24-16)18(2,3)4;/h9,12-14H,6-8,10-11H2,1-5H3,(H2,19,21,22);1H. The second-order valence-electron chi connectivity index (χ2n) is 8.15. The Labute approximate surface area is 168 Å². The molecule has 2 unspecified atom stereocenters. The molecule has 2 fully saturated rings. The Hall–Kier alpha value is -0.830. The van der Waals surface area contributed by atoms with Gasteiger partial charge in [-0.15, -0.1) is 24.0 Å². The lowest BCUT2D eigenvalue weighted by molar-refractivity contribution is 0.256. The van der Waals surface area contributed by atoms with Gasteiger partial charge in [-0.3, -0.25) is 9.89 Å². The van der Waals surface area contributed by atoms with Crippen molar-refractivity contribution in [2.45, 2.75) is 77.0 Å². The predicted octanol–water partition coefficient (Wildman–Crippen LogP) is 2.88. The quantitative estimate of drug-likeness (QED) is 0.410. The summed E-state index contributed by atoms with van der Waals surface area (Å²) in [7, 11) is 1.81. The van der Waals surface area contributed by atoms with Gasteiger partial charge >= 0.3 is 0 Å². The van der Waals surface area contributed by atoms with E-state index in [-0.39, 0.29) is 29.4 Å². The van der Waals surface area contributed by atoms with Crippen LogP contribution in [-0.2, 0) is 12.0 Å². The van der Waals surface area contributed by atoms with Crippen LogP contribution in [0.4, 0.5) is 0 Å². The van der Waals surface area contributed by atoms with Crippen LogP contribution in [-0.4, -0.2) is 47.6 Å². The van der Waals surface area contributed by atoms with Gasteiger partial charge in [0.05, 0.1) is 12.7 Å². The maximum atomic E-state index is 5.82. The summed E-state index contributed by atoms with van der Waals surface area (Å²) in [5.74, 6) is 2.43. The van der Waals surface area contributed by atoms with Crippen LogP contribution in [0.3, 0.4) is 0 Å². The molecule has 1 aromatic rings. The third-order valence-electron chi connectivity index (χ3n) is 4.90. The molecule has 1 aliphatic heterocycles. The van der Waals surface area contributed by atoms with E-state index in [9.17, 15) is 0 Å². The summed E-state index contributed by atoms with van der Waals surface area (Å²) in [6.07, 6.45) is 5.72. The van der Waals surface area contributed by atoms with Crippen LogP contribution in [0, 0.1) is 0 Å². The molecule has 2 aliphatic rings. The van der Waals surface area contributed by atoms with Crippen molar-refractivity contribution < 1.29 is 4.42 Å². The van der Waals surface area contributed by atoms with Gasteiger partial charge in [0.25, 0.3) is 0 Å². The van der Waals surface area contributed by atoms with Crippen molar-refractivity contribution in [1.82, 2.24) is 20.5 Å². The van der Waals surface area contributed by atoms with Crippen LogP contribution in [0.15, 0.2) is 15.6 Å². The smallest absolute Gasteiger partial charge is 0.213 e. The zero-order valence-corrected chi connectivity index (χ0v) is 18.3. The molecule has 1 aromatic heterocycles. The van der Waals surface area contributed by atoms with Gasteiger partial charge < -0.3 is 15.1 Å². The molecule has 6 nitrogen and oxygen atoms in total. The summed E-state index contributed by atoms with van der Waals surface area (Å²) in [4.78, 5) is 11.3. The maximum absolute atomic E-state index is 5.82. The van der Waals surface area contributed by atoms with Crippen LogP contribution in [0.1, 0.15) is 58.6 Å². The van der Waals surface area contributed by atoms with Crippen molar-refractivity contribution in [2.75, 3.05) is 13.6 Å². The molecule has 7 heteroatoms. The van der Waals surface area contributed by atoms with Crippen molar-refractivity contribution in [2.24, 2.45) is 4.99 Å². The zero-order chi connectivity index (χ0) is 17.3. The molecule has 0 aromatic carbocycles. The maximum Gasteiger partial charge on any atom is 0.213 e. The topological polar surface area (TPSA) is 65.7 Å². The molecule has 2 atom stereocenters. The molecule has 3 rings (SSSR count). The summed E-state index contributed by atoms with van der Waals surface area (Å²) in [5.41, 5.74) is -0.0164. The van der Waals surface area contributed by atoms with Gasteiger partial charge in [0.15, 0.2) is 5.96 Å². The molecule has 0 bridgehead atoms. The van der Waals surface area contributed by atoms with E-state index >= 15 is 0 Å². The highest BCUT2D eigenvalue weighted by atomic mass is 127. The Morgan fingerprint density at radius 3 is 2.68 bits per heavy atom. The van der Waals surface area contributed by atoms with Crippen LogP contribution >= 0.6 is 24.0 Å². The minimum absolute atomic E-state index is 0. The average Bonchev–Trinajstić information content (AvgIpc) is 3.11. The summed E-state index contributed by atoms with van der Waals surface area (Å²) >= 11 is 0. The molecule has 142 valence electrons. The van der Waals surface area contributed by atoms with E-state index in [2.05, 4.69) is 53.2 Å². The second kappa shape index (κ2) is 8.24. The average molecular weight is 461 g/mol. The van der Waals surface area contributed by atoms with E-state index in [0.717, 1.165) is 24.3 Å².